The SMILES string of the molecule is C=C.CC(C)F.FCOF. The second-order valence-corrected chi connectivity index (χ2v) is 1.23. The molecule has 0 atom stereocenters. The van der Waals surface area contributed by atoms with Crippen molar-refractivity contribution >= 4 is 0 Å². The van der Waals surface area contributed by atoms with Gasteiger partial charge in [-0.15, -0.1) is 13.2 Å². The fraction of sp³-hybridized carbons (Fsp3) is 0.667. The van der Waals surface area contributed by atoms with Crippen LogP contribution in [0.3, 0.4) is 0 Å². The van der Waals surface area contributed by atoms with Gasteiger partial charge in [-0.3, -0.25) is 0 Å². The van der Waals surface area contributed by atoms with Gasteiger partial charge < -0.3 is 0 Å². The minimum Gasteiger partial charge on any atom is -0.248 e. The highest BCUT2D eigenvalue weighted by Gasteiger charge is 1.73. The van der Waals surface area contributed by atoms with E-state index in [-0.39, 0.29) is 0 Å². The third kappa shape index (κ3) is 1310. The van der Waals surface area contributed by atoms with Crippen LogP contribution in [0.15, 0.2) is 13.2 Å². The van der Waals surface area contributed by atoms with Crippen molar-refractivity contribution in [1.29, 1.82) is 0 Å². The summed E-state index contributed by atoms with van der Waals surface area (Å²) in [6.45, 7) is 7.65. The average molecular weight is 158 g/mol. The van der Waals surface area contributed by atoms with Gasteiger partial charge in [0.1, 0.15) is 0 Å². The molecule has 0 N–H and O–H groups in total. The van der Waals surface area contributed by atoms with Gasteiger partial charge in [0.05, 0.1) is 6.17 Å². The van der Waals surface area contributed by atoms with Crippen LogP contribution >= 0.6 is 0 Å². The van der Waals surface area contributed by atoms with Gasteiger partial charge >= 0.3 is 0 Å². The molecule has 0 bridgehead atoms. The lowest BCUT2D eigenvalue weighted by Gasteiger charge is -1.74. The summed E-state index contributed by atoms with van der Waals surface area (Å²) < 4.78 is 31.0. The molecule has 10 heavy (non-hydrogen) atoms. The van der Waals surface area contributed by atoms with Gasteiger partial charge in [-0.2, -0.15) is 4.94 Å². The molecule has 0 saturated heterocycles. The summed E-state index contributed by atoms with van der Waals surface area (Å²) in [5, 5.41) is 0. The van der Waals surface area contributed by atoms with Crippen molar-refractivity contribution in [1.82, 2.24) is 0 Å². The number of hydrogen-bond acceptors (Lipinski definition) is 1. The van der Waals surface area contributed by atoms with Crippen LogP contribution in [-0.2, 0) is 4.94 Å². The van der Waals surface area contributed by atoms with Crippen molar-refractivity contribution < 1.29 is 18.2 Å². The molecule has 0 aromatic heterocycles. The first-order valence-electron chi connectivity index (χ1n) is 2.58. The lowest BCUT2D eigenvalue weighted by molar-refractivity contribution is -0.167. The largest absolute Gasteiger partial charge is 0.248 e. The fourth-order valence-corrected chi connectivity index (χ4v) is 0. The van der Waals surface area contributed by atoms with E-state index in [1.54, 1.807) is 0 Å². The molecule has 0 unspecified atom stereocenters. The van der Waals surface area contributed by atoms with E-state index in [0.29, 0.717) is 0 Å². The molecule has 0 aromatic rings. The Morgan fingerprint density at radius 1 is 1.40 bits per heavy atom. The summed E-state index contributed by atoms with van der Waals surface area (Å²) in [6, 6.07) is 0. The molecule has 0 aliphatic rings. The molecule has 1 nitrogen and oxygen atoms in total. The maximum absolute atomic E-state index is 11.0. The molecule has 0 fully saturated rings. The lowest BCUT2D eigenvalue weighted by Crippen LogP contribution is -1.73. The Morgan fingerprint density at radius 2 is 1.50 bits per heavy atom. The van der Waals surface area contributed by atoms with Crippen molar-refractivity contribution in [2.45, 2.75) is 20.0 Å². The molecule has 0 heterocycles. The van der Waals surface area contributed by atoms with Crippen molar-refractivity contribution in [2.75, 3.05) is 6.86 Å². The number of alkyl halides is 2. The molecule has 0 amide bonds. The Labute approximate surface area is 59.4 Å². The Morgan fingerprint density at radius 3 is 1.50 bits per heavy atom. The molecule has 0 spiro atoms. The smallest absolute Gasteiger partial charge is 0.227 e. The van der Waals surface area contributed by atoms with Crippen LogP contribution in [0, 0.1) is 0 Å². The van der Waals surface area contributed by atoms with E-state index >= 15 is 0 Å². The molecule has 0 radical (unpaired) electrons. The summed E-state index contributed by atoms with van der Waals surface area (Å²) >= 11 is 0. The Hall–Kier alpha value is -0.510. The normalized spacial score (nSPS) is 7.00. The third-order valence-electron chi connectivity index (χ3n) is 0.0412. The predicted octanol–water partition coefficient (Wildman–Crippen LogP) is 2.98. The van der Waals surface area contributed by atoms with Crippen LogP contribution in [-0.4, -0.2) is 13.0 Å². The molecule has 4 heteroatoms. The quantitative estimate of drug-likeness (QED) is 0.533. The van der Waals surface area contributed by atoms with E-state index in [0.717, 1.165) is 0 Å². The molecule has 0 saturated carbocycles. The highest BCUT2D eigenvalue weighted by atomic mass is 19.3. The Balaban J connectivity index is -0.0000000787. The highest BCUT2D eigenvalue weighted by molar-refractivity contribution is 4.22. The van der Waals surface area contributed by atoms with Gasteiger partial charge in [-0.25, -0.2) is 8.78 Å². The first-order valence-corrected chi connectivity index (χ1v) is 2.58. The van der Waals surface area contributed by atoms with E-state index < -0.39 is 13.0 Å². The Kier molecular flexibility index (Phi) is 38.4. The second kappa shape index (κ2) is 23.6. The maximum Gasteiger partial charge on any atom is 0.227 e. The number of hydrogen-bond donors (Lipinski definition) is 0. The maximum atomic E-state index is 11.0. The van der Waals surface area contributed by atoms with E-state index in [1.807, 2.05) is 0 Å². The third-order valence-corrected chi connectivity index (χ3v) is 0.0412. The molecule has 0 aliphatic carbocycles. The van der Waals surface area contributed by atoms with E-state index in [1.165, 1.54) is 13.8 Å². The molecule has 0 aliphatic heterocycles. The van der Waals surface area contributed by atoms with Crippen LogP contribution in [0.1, 0.15) is 13.8 Å². The molecule has 0 rings (SSSR count). The van der Waals surface area contributed by atoms with Crippen LogP contribution in [0.2, 0.25) is 0 Å². The standard InChI is InChI=1S/C3H7F.C2H4.CH2F2O/c1-3(2)4;1-2;2-1-4-3/h3H,1-2H3;1-2H2;1H2. The lowest BCUT2D eigenvalue weighted by atomic mass is 10.5. The van der Waals surface area contributed by atoms with E-state index in [2.05, 4.69) is 18.1 Å². The van der Waals surface area contributed by atoms with E-state index in [4.69, 9.17) is 0 Å². The Bertz CT molecular complexity index is 37.2. The fourth-order valence-electron chi connectivity index (χ4n) is 0. The van der Waals surface area contributed by atoms with Gasteiger partial charge in [-0.1, -0.05) is 0 Å². The van der Waals surface area contributed by atoms with Crippen molar-refractivity contribution in [3.05, 3.63) is 13.2 Å². The average Bonchev–Trinajstić information content (AvgIpc) is 1.91. The van der Waals surface area contributed by atoms with Gasteiger partial charge in [-0.05, 0) is 18.4 Å². The zero-order valence-electron chi connectivity index (χ0n) is 6.24. The summed E-state index contributed by atoms with van der Waals surface area (Å²) in [6.07, 6.45) is -0.667. The zero-order chi connectivity index (χ0) is 8.99. The minimum atomic E-state index is -1.35. The summed E-state index contributed by atoms with van der Waals surface area (Å²) in [5.41, 5.74) is 0. The predicted molar refractivity (Wildman–Crippen MR) is 35.7 cm³/mol. The molecular formula is C6H13F3O. The monoisotopic (exact) mass is 158 g/mol. The first-order chi connectivity index (χ1) is 4.65. The van der Waals surface area contributed by atoms with Crippen LogP contribution in [0.5, 0.6) is 0 Å². The zero-order valence-corrected chi connectivity index (χ0v) is 6.24. The summed E-state index contributed by atoms with van der Waals surface area (Å²) in [7, 11) is 0. The van der Waals surface area contributed by atoms with Crippen molar-refractivity contribution in [2.24, 2.45) is 0 Å². The van der Waals surface area contributed by atoms with Crippen LogP contribution in [0.4, 0.5) is 13.3 Å². The topological polar surface area (TPSA) is 9.23 Å². The molecule has 0 aromatic carbocycles. The van der Waals surface area contributed by atoms with Crippen LogP contribution < -0.4 is 0 Å². The van der Waals surface area contributed by atoms with Gasteiger partial charge in [0, 0.05) is 0 Å². The van der Waals surface area contributed by atoms with Gasteiger partial charge in [0.25, 0.3) is 0 Å². The highest BCUT2D eigenvalue weighted by Crippen LogP contribution is 1.77. The van der Waals surface area contributed by atoms with Gasteiger partial charge in [0.15, 0.2) is 0 Å². The minimum absolute atomic E-state index is 0.667. The van der Waals surface area contributed by atoms with Crippen LogP contribution in [0.25, 0.3) is 0 Å². The summed E-state index contributed by atoms with van der Waals surface area (Å²) in [5.74, 6) is 0. The van der Waals surface area contributed by atoms with Crippen molar-refractivity contribution in [3.8, 4) is 0 Å². The van der Waals surface area contributed by atoms with Crippen molar-refractivity contribution in [3.63, 3.8) is 0 Å². The second-order valence-electron chi connectivity index (χ2n) is 1.23. The number of halogens is 3. The molecular weight excluding hydrogens is 145 g/mol. The van der Waals surface area contributed by atoms with E-state index in [9.17, 15) is 13.3 Å². The molecule has 64 valence electrons. The first kappa shape index (κ1) is 16.2. The van der Waals surface area contributed by atoms with Gasteiger partial charge in [0.2, 0.25) is 6.86 Å². The summed E-state index contributed by atoms with van der Waals surface area (Å²) in [4.78, 5) is 2.38. The number of rotatable bonds is 1.